The molecule has 2 aromatic heterocycles. The van der Waals surface area contributed by atoms with Gasteiger partial charge >= 0.3 is 0 Å². The SMILES string of the molecule is C=Cc1c(Nc2ccccc2)ccc2cc3c(cc12)c1ccccc1n3-c1ccc(-c2ccccc2)nc1. The molecule has 0 fully saturated rings. The molecule has 0 saturated heterocycles. The highest BCUT2D eigenvalue weighted by atomic mass is 15.0. The number of pyridine rings is 1. The molecule has 0 atom stereocenters. The van der Waals surface area contributed by atoms with Gasteiger partial charge in [-0.3, -0.25) is 4.98 Å². The van der Waals surface area contributed by atoms with Crippen LogP contribution in [0.15, 0.2) is 134 Å². The van der Waals surface area contributed by atoms with E-state index in [0.717, 1.165) is 44.9 Å². The average Bonchev–Trinajstić information content (AvgIpc) is 3.30. The monoisotopic (exact) mass is 487 g/mol. The first kappa shape index (κ1) is 22.1. The molecule has 3 heteroatoms. The minimum atomic E-state index is 0.967. The summed E-state index contributed by atoms with van der Waals surface area (Å²) in [6, 6.07) is 42.3. The van der Waals surface area contributed by atoms with E-state index in [1.807, 2.05) is 48.7 Å². The Balaban J connectivity index is 1.43. The van der Waals surface area contributed by atoms with E-state index in [1.54, 1.807) is 0 Å². The van der Waals surface area contributed by atoms with E-state index >= 15 is 0 Å². The second-order valence-electron chi connectivity index (χ2n) is 9.43. The second-order valence-corrected chi connectivity index (χ2v) is 9.43. The van der Waals surface area contributed by atoms with Crippen molar-refractivity contribution in [2.24, 2.45) is 0 Å². The van der Waals surface area contributed by atoms with Crippen molar-refractivity contribution < 1.29 is 0 Å². The number of hydrogen-bond donors (Lipinski definition) is 1. The number of anilines is 2. The Labute approximate surface area is 221 Å². The predicted molar refractivity (Wildman–Crippen MR) is 161 cm³/mol. The summed E-state index contributed by atoms with van der Waals surface area (Å²) >= 11 is 0. The molecule has 3 nitrogen and oxygen atoms in total. The number of fused-ring (bicyclic) bond motifs is 4. The summed E-state index contributed by atoms with van der Waals surface area (Å²) in [6.07, 6.45) is 3.92. The Morgan fingerprint density at radius 2 is 1.42 bits per heavy atom. The molecule has 0 aliphatic carbocycles. The highest BCUT2D eigenvalue weighted by molar-refractivity contribution is 6.15. The molecule has 7 aromatic rings. The molecular formula is C35H25N3. The van der Waals surface area contributed by atoms with E-state index in [4.69, 9.17) is 4.98 Å². The predicted octanol–water partition coefficient (Wildman–Crippen LogP) is 9.39. The van der Waals surface area contributed by atoms with Crippen LogP contribution in [0.2, 0.25) is 0 Å². The number of nitrogens with zero attached hydrogens (tertiary/aromatic N) is 2. The van der Waals surface area contributed by atoms with Crippen LogP contribution in [0.3, 0.4) is 0 Å². The minimum absolute atomic E-state index is 0.967. The Morgan fingerprint density at radius 1 is 0.658 bits per heavy atom. The molecule has 0 unspecified atom stereocenters. The zero-order valence-electron chi connectivity index (χ0n) is 20.8. The minimum Gasteiger partial charge on any atom is -0.355 e. The third kappa shape index (κ3) is 3.64. The van der Waals surface area contributed by atoms with Crippen molar-refractivity contribution in [1.82, 2.24) is 9.55 Å². The molecule has 5 aromatic carbocycles. The number of aromatic nitrogens is 2. The topological polar surface area (TPSA) is 29.9 Å². The van der Waals surface area contributed by atoms with Crippen molar-refractivity contribution in [1.29, 1.82) is 0 Å². The van der Waals surface area contributed by atoms with Crippen molar-refractivity contribution >= 4 is 50.0 Å². The molecule has 0 amide bonds. The van der Waals surface area contributed by atoms with Crippen molar-refractivity contribution in [3.8, 4) is 16.9 Å². The van der Waals surface area contributed by atoms with Gasteiger partial charge in [-0.15, -0.1) is 0 Å². The van der Waals surface area contributed by atoms with Crippen LogP contribution in [0.25, 0.3) is 55.6 Å². The molecule has 1 N–H and O–H groups in total. The number of hydrogen-bond acceptors (Lipinski definition) is 2. The van der Waals surface area contributed by atoms with E-state index in [2.05, 4.69) is 101 Å². The van der Waals surface area contributed by atoms with E-state index < -0.39 is 0 Å². The smallest absolute Gasteiger partial charge is 0.0703 e. The fourth-order valence-electron chi connectivity index (χ4n) is 5.39. The third-order valence-corrected chi connectivity index (χ3v) is 7.19. The molecule has 0 bridgehead atoms. The molecule has 0 aliphatic rings. The Kier molecular flexibility index (Phi) is 5.26. The lowest BCUT2D eigenvalue weighted by Crippen LogP contribution is -1.96. The van der Waals surface area contributed by atoms with Gasteiger partial charge in [0.25, 0.3) is 0 Å². The lowest BCUT2D eigenvalue weighted by Gasteiger charge is -2.14. The number of benzene rings is 5. The Morgan fingerprint density at radius 3 is 2.18 bits per heavy atom. The number of para-hydroxylation sites is 2. The summed E-state index contributed by atoms with van der Waals surface area (Å²) in [5.74, 6) is 0. The van der Waals surface area contributed by atoms with Crippen LogP contribution in [0, 0.1) is 0 Å². The van der Waals surface area contributed by atoms with Gasteiger partial charge in [-0.1, -0.05) is 85.5 Å². The quantitative estimate of drug-likeness (QED) is 0.262. The summed E-state index contributed by atoms with van der Waals surface area (Å²) in [5.41, 5.74) is 8.64. The van der Waals surface area contributed by atoms with Crippen LogP contribution in [-0.2, 0) is 0 Å². The van der Waals surface area contributed by atoms with E-state index in [1.165, 1.54) is 21.5 Å². The molecule has 38 heavy (non-hydrogen) atoms. The first-order valence-corrected chi connectivity index (χ1v) is 12.8. The maximum absolute atomic E-state index is 4.82. The van der Waals surface area contributed by atoms with E-state index in [0.29, 0.717) is 0 Å². The highest BCUT2D eigenvalue weighted by Crippen LogP contribution is 2.38. The van der Waals surface area contributed by atoms with Gasteiger partial charge in [-0.2, -0.15) is 0 Å². The zero-order chi connectivity index (χ0) is 25.5. The van der Waals surface area contributed by atoms with E-state index in [9.17, 15) is 0 Å². The summed E-state index contributed by atoms with van der Waals surface area (Å²) in [7, 11) is 0. The van der Waals surface area contributed by atoms with Crippen molar-refractivity contribution in [3.05, 3.63) is 140 Å². The molecule has 0 spiro atoms. The number of nitrogens with one attached hydrogen (secondary N) is 1. The van der Waals surface area contributed by atoms with Gasteiger partial charge in [0.2, 0.25) is 0 Å². The largest absolute Gasteiger partial charge is 0.355 e. The van der Waals surface area contributed by atoms with Crippen LogP contribution >= 0.6 is 0 Å². The molecular weight excluding hydrogens is 462 g/mol. The molecule has 2 heterocycles. The standard InChI is InChI=1S/C35H25N3/c1-2-28-30-22-31-29-15-9-10-16-34(29)38(27-18-20-32(36-23-27)24-11-5-3-6-12-24)35(31)21-25(30)17-19-33(28)37-26-13-7-4-8-14-26/h2-23,37H,1H2. The van der Waals surface area contributed by atoms with Crippen LogP contribution in [0.1, 0.15) is 5.56 Å². The lowest BCUT2D eigenvalue weighted by atomic mass is 9.99. The second kappa shape index (κ2) is 9.06. The van der Waals surface area contributed by atoms with Gasteiger partial charge in [0, 0.05) is 33.3 Å². The first-order valence-electron chi connectivity index (χ1n) is 12.8. The Bertz CT molecular complexity index is 1930. The fourth-order valence-corrected chi connectivity index (χ4v) is 5.39. The first-order chi connectivity index (χ1) is 18.8. The van der Waals surface area contributed by atoms with Gasteiger partial charge in [0.15, 0.2) is 0 Å². The zero-order valence-corrected chi connectivity index (χ0v) is 20.8. The molecule has 0 radical (unpaired) electrons. The highest BCUT2D eigenvalue weighted by Gasteiger charge is 2.15. The lowest BCUT2D eigenvalue weighted by molar-refractivity contribution is 1.14. The van der Waals surface area contributed by atoms with Gasteiger partial charge in [0.1, 0.15) is 0 Å². The van der Waals surface area contributed by atoms with Gasteiger partial charge in [-0.25, -0.2) is 0 Å². The maximum atomic E-state index is 4.82. The number of rotatable bonds is 5. The van der Waals surface area contributed by atoms with Crippen molar-refractivity contribution in [2.75, 3.05) is 5.32 Å². The van der Waals surface area contributed by atoms with Crippen LogP contribution in [-0.4, -0.2) is 9.55 Å². The van der Waals surface area contributed by atoms with Crippen molar-refractivity contribution in [2.45, 2.75) is 0 Å². The van der Waals surface area contributed by atoms with Gasteiger partial charge in [0.05, 0.1) is 28.6 Å². The fraction of sp³-hybridized carbons (Fsp3) is 0. The van der Waals surface area contributed by atoms with Crippen LogP contribution in [0.5, 0.6) is 0 Å². The van der Waals surface area contributed by atoms with Gasteiger partial charge in [-0.05, 0) is 59.3 Å². The molecule has 0 saturated carbocycles. The van der Waals surface area contributed by atoms with E-state index in [-0.39, 0.29) is 0 Å². The summed E-state index contributed by atoms with van der Waals surface area (Å²) in [5, 5.41) is 8.34. The maximum Gasteiger partial charge on any atom is 0.0703 e. The molecule has 0 aliphatic heterocycles. The third-order valence-electron chi connectivity index (χ3n) is 7.19. The van der Waals surface area contributed by atoms with Gasteiger partial charge < -0.3 is 9.88 Å². The average molecular weight is 488 g/mol. The summed E-state index contributed by atoms with van der Waals surface area (Å²) in [4.78, 5) is 4.82. The summed E-state index contributed by atoms with van der Waals surface area (Å²) in [6.45, 7) is 4.16. The van der Waals surface area contributed by atoms with Crippen LogP contribution in [0.4, 0.5) is 11.4 Å². The Hall–Kier alpha value is -5.15. The van der Waals surface area contributed by atoms with Crippen molar-refractivity contribution in [3.63, 3.8) is 0 Å². The molecule has 7 rings (SSSR count). The van der Waals surface area contributed by atoms with Crippen LogP contribution < -0.4 is 5.32 Å². The summed E-state index contributed by atoms with van der Waals surface area (Å²) < 4.78 is 2.32. The molecule has 180 valence electrons. The normalized spacial score (nSPS) is 11.3.